The first kappa shape index (κ1) is 56.4. The Balaban J connectivity index is 4.65. The second-order valence-electron chi connectivity index (χ2n) is 16.0. The number of aliphatic hydroxyl groups excluding tert-OH is 1. The molecule has 1 unspecified atom stereocenters. The van der Waals surface area contributed by atoms with Gasteiger partial charge in [-0.3, -0.25) is 23.4 Å². The highest BCUT2D eigenvalue weighted by Crippen LogP contribution is 2.43. The van der Waals surface area contributed by atoms with E-state index in [0.717, 1.165) is 38.5 Å². The number of hydrogen-bond acceptors (Lipinski definition) is 12. The largest absolute Gasteiger partial charge is 0.472 e. The lowest BCUT2D eigenvalue weighted by molar-refractivity contribution is -0.161. The van der Waals surface area contributed by atoms with Crippen LogP contribution in [-0.2, 0) is 42.2 Å². The molecule has 0 rings (SSSR count). The highest BCUT2D eigenvalue weighted by molar-refractivity contribution is 7.47. The monoisotopic (exact) mass is 851 g/mol. The van der Waals surface area contributed by atoms with Gasteiger partial charge in [-0.1, -0.05) is 174 Å². The summed E-state index contributed by atoms with van der Waals surface area (Å²) in [5.74, 6) is -1.68. The molecule has 6 N–H and O–H groups in total. The topological polar surface area (TPSA) is 207 Å². The molecule has 344 valence electrons. The van der Waals surface area contributed by atoms with E-state index in [1.165, 1.54) is 116 Å². The first-order valence-corrected chi connectivity index (χ1v) is 24.8. The standard InChI is InChI=1S/C44H87N2O11P/c1-3-5-7-9-11-13-15-17-19-21-23-25-27-32-42(48)53-37-40(57-43(49)33-28-26-24-22-20-18-16-14-12-10-8-6-4-2)38-56-58(51,52)55-36-39(47)35-54-44(50)41(46)31-29-30-34-45/h39-41,47H,3-38,45-46H2,1-2H3,(H,51,52)/t39-,40+,41-/m0/s1. The predicted molar refractivity (Wildman–Crippen MR) is 231 cm³/mol. The van der Waals surface area contributed by atoms with Crippen LogP contribution in [0.2, 0.25) is 0 Å². The fraction of sp³-hybridized carbons (Fsp3) is 0.932. The fourth-order valence-corrected chi connectivity index (χ4v) is 7.34. The van der Waals surface area contributed by atoms with Crippen LogP contribution < -0.4 is 11.5 Å². The summed E-state index contributed by atoms with van der Waals surface area (Å²) in [5, 5.41) is 10.1. The van der Waals surface area contributed by atoms with Crippen LogP contribution in [0.5, 0.6) is 0 Å². The third-order valence-electron chi connectivity index (χ3n) is 10.2. The number of esters is 3. The maximum absolute atomic E-state index is 12.7. The maximum Gasteiger partial charge on any atom is 0.472 e. The second kappa shape index (κ2) is 40.8. The molecule has 0 spiro atoms. The molecule has 0 amide bonds. The van der Waals surface area contributed by atoms with E-state index in [-0.39, 0.29) is 19.4 Å². The van der Waals surface area contributed by atoms with E-state index < -0.39 is 63.8 Å². The van der Waals surface area contributed by atoms with Gasteiger partial charge in [-0.05, 0) is 32.2 Å². The molecule has 0 aliphatic rings. The quantitative estimate of drug-likeness (QED) is 0.0195. The zero-order valence-electron chi connectivity index (χ0n) is 36.9. The van der Waals surface area contributed by atoms with Gasteiger partial charge in [-0.2, -0.15) is 0 Å². The zero-order chi connectivity index (χ0) is 43.0. The Kier molecular flexibility index (Phi) is 39.7. The Labute approximate surface area is 352 Å². The molecule has 13 nitrogen and oxygen atoms in total. The van der Waals surface area contributed by atoms with Crippen LogP contribution in [0, 0.1) is 0 Å². The number of carbonyl (C=O) groups is 3. The van der Waals surface area contributed by atoms with E-state index in [1.807, 2.05) is 0 Å². The fourth-order valence-electron chi connectivity index (χ4n) is 6.55. The third-order valence-corrected chi connectivity index (χ3v) is 11.2. The maximum atomic E-state index is 12.7. The van der Waals surface area contributed by atoms with Crippen molar-refractivity contribution in [2.75, 3.05) is 33.0 Å². The van der Waals surface area contributed by atoms with Crippen LogP contribution in [0.15, 0.2) is 0 Å². The zero-order valence-corrected chi connectivity index (χ0v) is 37.8. The molecule has 0 bridgehead atoms. The Morgan fingerprint density at radius 2 is 0.948 bits per heavy atom. The minimum Gasteiger partial charge on any atom is -0.462 e. The summed E-state index contributed by atoms with van der Waals surface area (Å²) in [4.78, 5) is 47.5. The minimum atomic E-state index is -4.74. The normalized spacial score (nSPS) is 14.1. The van der Waals surface area contributed by atoms with Gasteiger partial charge >= 0.3 is 25.7 Å². The second-order valence-corrected chi connectivity index (χ2v) is 17.5. The number of hydrogen-bond donors (Lipinski definition) is 4. The van der Waals surface area contributed by atoms with E-state index in [9.17, 15) is 28.9 Å². The number of carbonyl (C=O) groups excluding carboxylic acids is 3. The summed E-state index contributed by atoms with van der Waals surface area (Å²) in [5.41, 5.74) is 11.2. The van der Waals surface area contributed by atoms with Crippen LogP contribution in [0.1, 0.15) is 213 Å². The molecule has 0 saturated heterocycles. The lowest BCUT2D eigenvalue weighted by Gasteiger charge is -2.20. The van der Waals surface area contributed by atoms with E-state index >= 15 is 0 Å². The van der Waals surface area contributed by atoms with Crippen LogP contribution in [-0.4, -0.2) is 79.1 Å². The van der Waals surface area contributed by atoms with Gasteiger partial charge in [0, 0.05) is 12.8 Å². The summed E-state index contributed by atoms with van der Waals surface area (Å²) in [6.07, 6.45) is 30.4. The van der Waals surface area contributed by atoms with Crippen LogP contribution >= 0.6 is 7.82 Å². The van der Waals surface area contributed by atoms with Crippen LogP contribution in [0.3, 0.4) is 0 Å². The summed E-state index contributed by atoms with van der Waals surface area (Å²) in [7, 11) is -4.74. The van der Waals surface area contributed by atoms with E-state index in [1.54, 1.807) is 0 Å². The van der Waals surface area contributed by atoms with Crippen molar-refractivity contribution in [3.8, 4) is 0 Å². The van der Waals surface area contributed by atoms with Crippen molar-refractivity contribution in [3.63, 3.8) is 0 Å². The minimum absolute atomic E-state index is 0.163. The van der Waals surface area contributed by atoms with Crippen molar-refractivity contribution in [1.29, 1.82) is 0 Å². The summed E-state index contributed by atoms with van der Waals surface area (Å²) >= 11 is 0. The molecule has 0 aromatic rings. The molecule has 58 heavy (non-hydrogen) atoms. The molecular formula is C44H87N2O11P. The average molecular weight is 851 g/mol. The molecule has 0 aliphatic carbocycles. The van der Waals surface area contributed by atoms with Crippen molar-refractivity contribution < 1.29 is 52.2 Å². The van der Waals surface area contributed by atoms with Crippen molar-refractivity contribution >= 4 is 25.7 Å². The molecular weight excluding hydrogens is 763 g/mol. The summed E-state index contributed by atoms with van der Waals surface area (Å²) < 4.78 is 38.5. The van der Waals surface area contributed by atoms with Crippen molar-refractivity contribution in [2.45, 2.75) is 231 Å². The molecule has 14 heteroatoms. The number of ether oxygens (including phenoxy) is 3. The van der Waals surface area contributed by atoms with Crippen molar-refractivity contribution in [2.24, 2.45) is 11.5 Å². The van der Waals surface area contributed by atoms with Crippen LogP contribution in [0.25, 0.3) is 0 Å². The van der Waals surface area contributed by atoms with Gasteiger partial charge in [0.25, 0.3) is 0 Å². The number of unbranched alkanes of at least 4 members (excludes halogenated alkanes) is 25. The van der Waals surface area contributed by atoms with Gasteiger partial charge in [0.05, 0.1) is 13.2 Å². The Hall–Kier alpha value is -1.60. The first-order valence-electron chi connectivity index (χ1n) is 23.3. The van der Waals surface area contributed by atoms with Gasteiger partial charge in [0.2, 0.25) is 0 Å². The molecule has 0 aromatic heterocycles. The first-order chi connectivity index (χ1) is 28.0. The van der Waals surface area contributed by atoms with Gasteiger partial charge in [-0.15, -0.1) is 0 Å². The van der Waals surface area contributed by atoms with Crippen LogP contribution in [0.4, 0.5) is 0 Å². The summed E-state index contributed by atoms with van der Waals surface area (Å²) in [6, 6.07) is -0.875. The summed E-state index contributed by atoms with van der Waals surface area (Å²) in [6.45, 7) is 2.85. The van der Waals surface area contributed by atoms with Crippen molar-refractivity contribution in [3.05, 3.63) is 0 Å². The van der Waals surface area contributed by atoms with Gasteiger partial charge in [0.15, 0.2) is 6.10 Å². The molecule has 0 aromatic carbocycles. The van der Waals surface area contributed by atoms with Crippen molar-refractivity contribution in [1.82, 2.24) is 0 Å². The molecule has 0 fully saturated rings. The molecule has 4 atom stereocenters. The Morgan fingerprint density at radius 3 is 1.40 bits per heavy atom. The molecule has 0 radical (unpaired) electrons. The molecule has 0 saturated carbocycles. The Bertz CT molecular complexity index is 1020. The highest BCUT2D eigenvalue weighted by Gasteiger charge is 2.28. The average Bonchev–Trinajstić information content (AvgIpc) is 3.20. The van der Waals surface area contributed by atoms with Gasteiger partial charge < -0.3 is 35.7 Å². The number of rotatable bonds is 44. The number of nitrogens with two attached hydrogens (primary N) is 2. The van der Waals surface area contributed by atoms with E-state index in [4.69, 9.17) is 34.7 Å². The predicted octanol–water partition coefficient (Wildman–Crippen LogP) is 9.90. The number of aliphatic hydroxyl groups is 1. The number of phosphoric acid groups is 1. The third kappa shape index (κ3) is 38.6. The van der Waals surface area contributed by atoms with E-state index in [2.05, 4.69) is 13.8 Å². The lowest BCUT2D eigenvalue weighted by Crippen LogP contribution is -2.35. The van der Waals surface area contributed by atoms with Gasteiger partial charge in [-0.25, -0.2) is 4.57 Å². The highest BCUT2D eigenvalue weighted by atomic mass is 31.2. The molecule has 0 heterocycles. The van der Waals surface area contributed by atoms with E-state index in [0.29, 0.717) is 38.6 Å². The lowest BCUT2D eigenvalue weighted by atomic mass is 10.0. The Morgan fingerprint density at radius 1 is 0.534 bits per heavy atom. The number of phosphoric ester groups is 1. The van der Waals surface area contributed by atoms with Gasteiger partial charge in [0.1, 0.15) is 25.4 Å². The SMILES string of the molecule is CCCCCCCCCCCCCCCC(=O)OC[C@H](COP(=O)(O)OC[C@@H](O)COC(=O)[C@@H](N)CCCCN)OC(=O)CCCCCCCCCCCCCCC. The molecule has 0 aliphatic heterocycles. The smallest absolute Gasteiger partial charge is 0.462 e.